The number of ether oxygens (including phenoxy) is 1. The van der Waals surface area contributed by atoms with Crippen LogP contribution in [-0.4, -0.2) is 35.1 Å². The second-order valence-electron chi connectivity index (χ2n) is 6.82. The minimum atomic E-state index is -4.88. The highest BCUT2D eigenvalue weighted by molar-refractivity contribution is 5.80. The van der Waals surface area contributed by atoms with Crippen molar-refractivity contribution in [2.45, 2.75) is 19.1 Å². The minimum Gasteiger partial charge on any atom is -0.467 e. The third kappa shape index (κ3) is 15.7. The van der Waals surface area contributed by atoms with E-state index in [1.807, 2.05) is 5.32 Å². The first-order valence-electron chi connectivity index (χ1n) is 10.9. The van der Waals surface area contributed by atoms with Gasteiger partial charge in [-0.15, -0.1) is 6.42 Å². The Labute approximate surface area is 239 Å². The largest absolute Gasteiger partial charge is 0.467 e. The molecule has 2 aromatic rings. The summed E-state index contributed by atoms with van der Waals surface area (Å²) in [5.74, 6) is 25.4. The third-order valence-corrected chi connectivity index (χ3v) is 3.91. The number of benzene rings is 2. The summed E-state index contributed by atoms with van der Waals surface area (Å²) in [5, 5.41) is 22.5. The molecular formula is C29H19F3N4O6. The summed E-state index contributed by atoms with van der Waals surface area (Å²) in [5.41, 5.74) is 5.13. The SMILES string of the molecule is C#CC#CC#CC#CC#CC#CC.COC(=O)C(Nc1cccc([N+](=O)[O-])c1)C(F)(F)F.Nc1cccc([N+](=O)[O-])c1. The first-order chi connectivity index (χ1) is 19.9. The number of nitro benzene ring substituents is 2. The van der Waals surface area contributed by atoms with Gasteiger partial charge < -0.3 is 15.8 Å². The number of alkyl halides is 3. The van der Waals surface area contributed by atoms with Crippen molar-refractivity contribution in [3.8, 4) is 71.5 Å². The number of hydrogen-bond acceptors (Lipinski definition) is 8. The molecule has 1 unspecified atom stereocenters. The van der Waals surface area contributed by atoms with Crippen molar-refractivity contribution in [3.63, 3.8) is 0 Å². The number of nitrogen functional groups attached to an aromatic ring is 1. The standard InChI is InChI=1S/C13H4.C10H9F3N2O4.C6H6N2O2/c1-3-5-7-9-11-13-12-10-8-6-4-2;1-19-9(16)8(10(11,12)13)14-6-3-2-4-7(5-6)15(17)18;7-5-2-1-3-6(4-5)8(9)10/h1H,2H3;2-5,8,14H,1H3;1-4H,7H2. The third-order valence-electron chi connectivity index (χ3n) is 3.91. The number of nitro groups is 2. The van der Waals surface area contributed by atoms with Crippen molar-refractivity contribution in [1.29, 1.82) is 0 Å². The van der Waals surface area contributed by atoms with Gasteiger partial charge in [-0.3, -0.25) is 20.2 Å². The van der Waals surface area contributed by atoms with Crippen LogP contribution < -0.4 is 11.1 Å². The predicted molar refractivity (Wildman–Crippen MR) is 149 cm³/mol. The van der Waals surface area contributed by atoms with Crippen LogP contribution in [0.15, 0.2) is 48.5 Å². The molecule has 42 heavy (non-hydrogen) atoms. The summed E-state index contributed by atoms with van der Waals surface area (Å²) >= 11 is 0. The van der Waals surface area contributed by atoms with E-state index in [0.717, 1.165) is 19.2 Å². The maximum Gasteiger partial charge on any atom is 0.419 e. The number of rotatable bonds is 5. The molecule has 2 rings (SSSR count). The Balaban J connectivity index is 0.000000636. The molecule has 0 amide bonds. The van der Waals surface area contributed by atoms with Crippen molar-refractivity contribution in [1.82, 2.24) is 0 Å². The summed E-state index contributed by atoms with van der Waals surface area (Å²) < 4.78 is 41.8. The van der Waals surface area contributed by atoms with E-state index in [2.05, 4.69) is 69.9 Å². The Morgan fingerprint density at radius 1 is 0.905 bits per heavy atom. The summed E-state index contributed by atoms with van der Waals surface area (Å²) in [4.78, 5) is 30.4. The van der Waals surface area contributed by atoms with E-state index in [1.165, 1.54) is 24.3 Å². The molecule has 1 atom stereocenters. The van der Waals surface area contributed by atoms with E-state index < -0.39 is 33.7 Å². The number of esters is 1. The zero-order valence-corrected chi connectivity index (χ0v) is 21.8. The quantitative estimate of drug-likeness (QED) is 0.179. The molecular weight excluding hydrogens is 557 g/mol. The van der Waals surface area contributed by atoms with Gasteiger partial charge in [0.25, 0.3) is 11.4 Å². The lowest BCUT2D eigenvalue weighted by Crippen LogP contribution is -2.43. The van der Waals surface area contributed by atoms with Crippen molar-refractivity contribution >= 4 is 28.7 Å². The molecule has 212 valence electrons. The van der Waals surface area contributed by atoms with Gasteiger partial charge >= 0.3 is 12.1 Å². The van der Waals surface area contributed by atoms with Crippen LogP contribution in [0.1, 0.15) is 6.92 Å². The Hall–Kier alpha value is -6.54. The second-order valence-corrected chi connectivity index (χ2v) is 6.82. The van der Waals surface area contributed by atoms with Gasteiger partial charge in [0.1, 0.15) is 0 Å². The summed E-state index contributed by atoms with van der Waals surface area (Å²) in [7, 11) is 0.816. The maximum absolute atomic E-state index is 12.6. The van der Waals surface area contributed by atoms with Gasteiger partial charge in [-0.1, -0.05) is 18.1 Å². The van der Waals surface area contributed by atoms with E-state index in [9.17, 15) is 38.2 Å². The normalized spacial score (nSPS) is 9.05. The van der Waals surface area contributed by atoms with Crippen molar-refractivity contribution in [2.24, 2.45) is 0 Å². The minimum absolute atomic E-state index is 0.0278. The van der Waals surface area contributed by atoms with Crippen molar-refractivity contribution in [3.05, 3.63) is 68.8 Å². The first-order valence-corrected chi connectivity index (χ1v) is 10.9. The van der Waals surface area contributed by atoms with Crippen LogP contribution in [0.2, 0.25) is 0 Å². The van der Waals surface area contributed by atoms with Crippen molar-refractivity contribution < 1.29 is 32.5 Å². The highest BCUT2D eigenvalue weighted by atomic mass is 19.4. The van der Waals surface area contributed by atoms with Gasteiger partial charge in [0.2, 0.25) is 6.04 Å². The number of nitrogens with two attached hydrogens (primary N) is 1. The fourth-order valence-corrected chi connectivity index (χ4v) is 2.22. The number of terminal acetylenes is 1. The zero-order chi connectivity index (χ0) is 32.0. The Morgan fingerprint density at radius 2 is 1.38 bits per heavy atom. The lowest BCUT2D eigenvalue weighted by atomic mass is 10.2. The molecule has 0 saturated heterocycles. The molecule has 0 aliphatic rings. The number of methoxy groups -OCH3 is 1. The second kappa shape index (κ2) is 19.5. The van der Waals surface area contributed by atoms with Crippen LogP contribution in [0.5, 0.6) is 0 Å². The summed E-state index contributed by atoms with van der Waals surface area (Å²) in [6.07, 6.45) is -0.0180. The topological polar surface area (TPSA) is 151 Å². The van der Waals surface area contributed by atoms with E-state index in [0.29, 0.717) is 5.69 Å². The lowest BCUT2D eigenvalue weighted by molar-refractivity contribution is -0.385. The molecule has 0 bridgehead atoms. The molecule has 0 aromatic heterocycles. The fraction of sp³-hybridized carbons (Fsp3) is 0.138. The van der Waals surface area contributed by atoms with E-state index >= 15 is 0 Å². The first kappa shape index (κ1) is 35.5. The fourth-order valence-electron chi connectivity index (χ4n) is 2.22. The van der Waals surface area contributed by atoms with Gasteiger partial charge in [-0.25, -0.2) is 4.79 Å². The number of hydrogen-bond donors (Lipinski definition) is 2. The van der Waals surface area contributed by atoms with Gasteiger partial charge in [0.15, 0.2) is 0 Å². The monoisotopic (exact) mass is 576 g/mol. The Morgan fingerprint density at radius 3 is 1.79 bits per heavy atom. The number of nitrogens with one attached hydrogen (secondary N) is 1. The average molecular weight is 576 g/mol. The van der Waals surface area contributed by atoms with E-state index in [4.69, 9.17) is 12.2 Å². The van der Waals surface area contributed by atoms with Gasteiger partial charge in [0, 0.05) is 35.6 Å². The molecule has 0 heterocycles. The molecule has 10 nitrogen and oxygen atoms in total. The number of non-ortho nitro benzene ring substituents is 2. The molecule has 0 aliphatic carbocycles. The van der Waals surface area contributed by atoms with Gasteiger partial charge in [-0.05, 0) is 78.3 Å². The number of carbonyl (C=O) groups excluding carboxylic acids is 1. The van der Waals surface area contributed by atoms with Crippen LogP contribution in [-0.2, 0) is 9.53 Å². The lowest BCUT2D eigenvalue weighted by Gasteiger charge is -2.20. The van der Waals surface area contributed by atoms with Crippen LogP contribution in [0.4, 0.5) is 35.9 Å². The highest BCUT2D eigenvalue weighted by Crippen LogP contribution is 2.26. The molecule has 0 saturated carbocycles. The molecule has 13 heteroatoms. The number of anilines is 2. The number of nitrogens with zero attached hydrogens (tertiary/aromatic N) is 2. The molecule has 0 radical (unpaired) electrons. The average Bonchev–Trinajstić information content (AvgIpc) is 2.95. The van der Waals surface area contributed by atoms with Crippen LogP contribution in [0.3, 0.4) is 0 Å². The Bertz CT molecular complexity index is 1640. The molecule has 0 aliphatic heterocycles. The van der Waals surface area contributed by atoms with Gasteiger partial charge in [-0.2, -0.15) is 13.2 Å². The van der Waals surface area contributed by atoms with Gasteiger partial charge in [0.05, 0.1) is 17.0 Å². The van der Waals surface area contributed by atoms with E-state index in [-0.39, 0.29) is 11.4 Å². The van der Waals surface area contributed by atoms with Crippen LogP contribution in [0.25, 0.3) is 0 Å². The summed E-state index contributed by atoms with van der Waals surface area (Å²) in [6.45, 7) is 1.71. The molecule has 0 fully saturated rings. The zero-order valence-electron chi connectivity index (χ0n) is 21.8. The van der Waals surface area contributed by atoms with Crippen LogP contribution >= 0.6 is 0 Å². The van der Waals surface area contributed by atoms with E-state index in [1.54, 1.807) is 19.1 Å². The molecule has 3 N–H and O–H groups in total. The predicted octanol–water partition coefficient (Wildman–Crippen LogP) is 3.94. The molecule has 0 spiro atoms. The number of halogens is 3. The van der Waals surface area contributed by atoms with Crippen LogP contribution in [0, 0.1) is 91.8 Å². The number of carbonyl (C=O) groups is 1. The maximum atomic E-state index is 12.6. The van der Waals surface area contributed by atoms with Crippen molar-refractivity contribution in [2.75, 3.05) is 18.2 Å². The smallest absolute Gasteiger partial charge is 0.419 e. The Kier molecular flexibility index (Phi) is 16.5. The summed E-state index contributed by atoms with van der Waals surface area (Å²) in [6, 6.07) is 7.67. The highest BCUT2D eigenvalue weighted by Gasteiger charge is 2.46. The molecule has 2 aromatic carbocycles.